The van der Waals surface area contributed by atoms with E-state index < -0.39 is 85.6 Å². The molecule has 12 nitrogen and oxygen atoms in total. The van der Waals surface area contributed by atoms with Gasteiger partial charge in [-0.3, -0.25) is 4.79 Å². The van der Waals surface area contributed by atoms with E-state index in [0.717, 1.165) is 0 Å². The van der Waals surface area contributed by atoms with E-state index in [9.17, 15) is 40.5 Å². The van der Waals surface area contributed by atoms with E-state index in [1.54, 1.807) is 26.0 Å². The van der Waals surface area contributed by atoms with Crippen LogP contribution in [0.4, 0.5) is 0 Å². The maximum Gasteiger partial charge on any atom is 0.187 e. The average molecular weight is 521 g/mol. The van der Waals surface area contributed by atoms with Crippen LogP contribution in [0.5, 0.6) is 0 Å². The first kappa shape index (κ1) is 29.5. The summed E-state index contributed by atoms with van der Waals surface area (Å²) < 4.78 is 22.4. The normalized spacial score (nSPS) is 46.4. The second-order valence-electron chi connectivity index (χ2n) is 10.9. The molecule has 12 heteroatoms. The quantitative estimate of drug-likeness (QED) is 0.174. The van der Waals surface area contributed by atoms with Gasteiger partial charge in [-0.2, -0.15) is 0 Å². The number of ether oxygens (including phenoxy) is 4. The topological polar surface area (TPSA) is 196 Å². The van der Waals surface area contributed by atoms with Gasteiger partial charge in [-0.05, 0) is 12.8 Å². The Morgan fingerprint density at radius 2 is 1.81 bits per heavy atom. The van der Waals surface area contributed by atoms with Gasteiger partial charge in [-0.15, -0.1) is 0 Å². The van der Waals surface area contributed by atoms with Gasteiger partial charge in [0.2, 0.25) is 0 Å². The Balaban J connectivity index is 1.76. The smallest absolute Gasteiger partial charge is 0.187 e. The van der Waals surface area contributed by atoms with Crippen LogP contribution in [0.2, 0.25) is 0 Å². The first-order valence-electron chi connectivity index (χ1n) is 12.2. The molecule has 0 aromatic rings. The molecule has 2 saturated heterocycles. The molecule has 11 atom stereocenters. The highest BCUT2D eigenvalue weighted by Crippen LogP contribution is 2.46. The average Bonchev–Trinajstić information content (AvgIpc) is 3.09. The number of rotatable bonds is 8. The lowest BCUT2D eigenvalue weighted by Gasteiger charge is -2.48. The van der Waals surface area contributed by atoms with Crippen LogP contribution in [0.15, 0.2) is 12.2 Å². The number of carbonyl (C=O) groups is 1. The highest BCUT2D eigenvalue weighted by Gasteiger charge is 2.54. The third-order valence-corrected chi connectivity index (χ3v) is 7.67. The molecule has 0 radical (unpaired) electrons. The summed E-state index contributed by atoms with van der Waals surface area (Å²) in [6, 6.07) is 0. The number of aliphatic hydroxyl groups is 7. The van der Waals surface area contributed by atoms with Crippen molar-refractivity contribution in [2.24, 2.45) is 11.3 Å². The second kappa shape index (κ2) is 11.0. The fourth-order valence-corrected chi connectivity index (χ4v) is 5.17. The van der Waals surface area contributed by atoms with Crippen molar-refractivity contribution in [2.45, 2.75) is 101 Å². The minimum absolute atomic E-state index is 0.0810. The summed E-state index contributed by atoms with van der Waals surface area (Å²) >= 11 is 0. The summed E-state index contributed by atoms with van der Waals surface area (Å²) in [5.41, 5.74) is -3.97. The Hall–Kier alpha value is -1.03. The molecule has 208 valence electrons. The maximum absolute atomic E-state index is 12.0. The third-order valence-electron chi connectivity index (χ3n) is 7.67. The number of Topliss-reactive ketones (excluding diaryl/α,β-unsaturated/α-hetero) is 1. The number of carbonyl (C=O) groups excluding carboxylic acids is 1. The van der Waals surface area contributed by atoms with Gasteiger partial charge in [-0.1, -0.05) is 32.9 Å². The molecule has 7 N–H and O–H groups in total. The SMILES string of the molecule is CC1CC(=O)CC(C)(C)[C@]1(O)/C=C\[C@H](C)O[C@H]1O[C@@H](CO)[C@H](O)[C@@H](O)[C@@H]1O[C@H]1OC[C@@](O)(CO)[C@@H]1O. The molecule has 1 unspecified atom stereocenters. The highest BCUT2D eigenvalue weighted by molar-refractivity contribution is 5.81. The lowest BCUT2D eigenvalue weighted by Crippen LogP contribution is -2.62. The maximum atomic E-state index is 12.0. The molecule has 0 bridgehead atoms. The van der Waals surface area contributed by atoms with Crippen molar-refractivity contribution in [3.8, 4) is 0 Å². The van der Waals surface area contributed by atoms with E-state index in [0.29, 0.717) is 0 Å². The number of aliphatic hydroxyl groups excluding tert-OH is 5. The molecule has 0 spiro atoms. The summed E-state index contributed by atoms with van der Waals surface area (Å²) in [6.07, 6.45) is -7.35. The van der Waals surface area contributed by atoms with Crippen molar-refractivity contribution in [1.29, 1.82) is 0 Å². The van der Waals surface area contributed by atoms with Crippen LogP contribution in [-0.4, -0.2) is 122 Å². The summed E-state index contributed by atoms with van der Waals surface area (Å²) in [5.74, 6) is -0.251. The molecule has 2 heterocycles. The van der Waals surface area contributed by atoms with Crippen LogP contribution < -0.4 is 0 Å². The predicted molar refractivity (Wildman–Crippen MR) is 122 cm³/mol. The van der Waals surface area contributed by atoms with E-state index in [-0.39, 0.29) is 24.5 Å². The van der Waals surface area contributed by atoms with Crippen LogP contribution in [0.3, 0.4) is 0 Å². The van der Waals surface area contributed by atoms with E-state index >= 15 is 0 Å². The Morgan fingerprint density at radius 3 is 2.36 bits per heavy atom. The molecule has 1 aliphatic carbocycles. The van der Waals surface area contributed by atoms with Crippen molar-refractivity contribution in [3.63, 3.8) is 0 Å². The molecule has 36 heavy (non-hydrogen) atoms. The monoisotopic (exact) mass is 520 g/mol. The first-order valence-corrected chi connectivity index (χ1v) is 12.2. The molecule has 1 saturated carbocycles. The van der Waals surface area contributed by atoms with Gasteiger partial charge < -0.3 is 54.7 Å². The van der Waals surface area contributed by atoms with Crippen LogP contribution in [0.25, 0.3) is 0 Å². The second-order valence-corrected chi connectivity index (χ2v) is 10.9. The van der Waals surface area contributed by atoms with Crippen molar-refractivity contribution < 1.29 is 59.5 Å². The molecule has 0 amide bonds. The number of ketones is 1. The largest absolute Gasteiger partial charge is 0.394 e. The number of hydrogen-bond donors (Lipinski definition) is 7. The Labute approximate surface area is 210 Å². The zero-order chi connectivity index (χ0) is 27.1. The van der Waals surface area contributed by atoms with Crippen molar-refractivity contribution in [3.05, 3.63) is 12.2 Å². The molecule has 0 aromatic heterocycles. The van der Waals surface area contributed by atoms with Gasteiger partial charge in [0, 0.05) is 18.3 Å². The van der Waals surface area contributed by atoms with Gasteiger partial charge in [-0.25, -0.2) is 0 Å². The van der Waals surface area contributed by atoms with Crippen molar-refractivity contribution in [2.75, 3.05) is 19.8 Å². The Kier molecular flexibility index (Phi) is 9.01. The van der Waals surface area contributed by atoms with Gasteiger partial charge in [0.25, 0.3) is 0 Å². The van der Waals surface area contributed by atoms with Gasteiger partial charge in [0.15, 0.2) is 12.6 Å². The van der Waals surface area contributed by atoms with Crippen molar-refractivity contribution >= 4 is 5.78 Å². The van der Waals surface area contributed by atoms with Crippen molar-refractivity contribution in [1.82, 2.24) is 0 Å². The van der Waals surface area contributed by atoms with E-state index in [1.165, 1.54) is 0 Å². The molecule has 3 fully saturated rings. The van der Waals surface area contributed by atoms with E-state index in [2.05, 4.69) is 0 Å². The van der Waals surface area contributed by atoms with Gasteiger partial charge >= 0.3 is 0 Å². The lowest BCUT2D eigenvalue weighted by atomic mass is 9.60. The Morgan fingerprint density at radius 1 is 1.14 bits per heavy atom. The minimum atomic E-state index is -1.97. The highest BCUT2D eigenvalue weighted by atomic mass is 16.8. The summed E-state index contributed by atoms with van der Waals surface area (Å²) in [4.78, 5) is 12.0. The van der Waals surface area contributed by atoms with E-state index in [1.807, 2.05) is 13.8 Å². The molecule has 3 aliphatic rings. The summed E-state index contributed by atoms with van der Waals surface area (Å²) in [7, 11) is 0. The minimum Gasteiger partial charge on any atom is -0.394 e. The van der Waals surface area contributed by atoms with Crippen LogP contribution in [0.1, 0.15) is 40.5 Å². The zero-order valence-corrected chi connectivity index (χ0v) is 21.1. The number of hydrogen-bond acceptors (Lipinski definition) is 12. The van der Waals surface area contributed by atoms with E-state index in [4.69, 9.17) is 18.9 Å². The van der Waals surface area contributed by atoms with Crippen LogP contribution >= 0.6 is 0 Å². The fraction of sp³-hybridized carbons (Fsp3) is 0.875. The first-order chi connectivity index (χ1) is 16.7. The fourth-order valence-electron chi connectivity index (χ4n) is 5.17. The third kappa shape index (κ3) is 5.54. The molecule has 0 aromatic carbocycles. The van der Waals surface area contributed by atoms with Crippen LogP contribution in [0, 0.1) is 11.3 Å². The zero-order valence-electron chi connectivity index (χ0n) is 21.1. The lowest BCUT2D eigenvalue weighted by molar-refractivity contribution is -0.339. The van der Waals surface area contributed by atoms with Gasteiger partial charge in [0.1, 0.15) is 41.9 Å². The molecular weight excluding hydrogens is 480 g/mol. The molecule has 3 rings (SSSR count). The summed E-state index contributed by atoms with van der Waals surface area (Å²) in [5, 5.41) is 71.8. The van der Waals surface area contributed by atoms with Crippen LogP contribution in [-0.2, 0) is 23.7 Å². The molecular formula is C24H40O12. The van der Waals surface area contributed by atoms with Gasteiger partial charge in [0.05, 0.1) is 31.5 Å². The Bertz CT molecular complexity index is 804. The standard InChI is InChI=1S/C24H40O12/c1-12-7-14(27)8-22(3,4)24(12,32)6-5-13(2)34-20-18(17(29)16(28)15(9-25)35-20)36-21-19(30)23(31,10-26)11-33-21/h5-6,12-13,15-21,25-26,28-32H,7-11H2,1-4H3/b6-5-/t12?,13-,15-,16-,17+,18-,19+,20-,21+,23-,24-/m0/s1. The molecule has 2 aliphatic heterocycles. The predicted octanol–water partition coefficient (Wildman–Crippen LogP) is -2.03. The summed E-state index contributed by atoms with van der Waals surface area (Å²) in [6.45, 7) is 5.22.